The Kier molecular flexibility index (Phi) is 3.16. The molecule has 1 saturated carbocycles. The van der Waals surface area contributed by atoms with Crippen LogP contribution in [-0.2, 0) is 0 Å². The van der Waals surface area contributed by atoms with Crippen LogP contribution in [0, 0.1) is 23.2 Å². The molecule has 2 atom stereocenters. The van der Waals surface area contributed by atoms with Crippen LogP contribution < -0.4 is 0 Å². The number of allylic oxidation sites excluding steroid dienone is 1. The molecule has 0 aromatic rings. The smallest absolute Gasteiger partial charge is 0.0658 e. The van der Waals surface area contributed by atoms with Gasteiger partial charge in [-0.2, -0.15) is 5.26 Å². The monoisotopic (exact) mass is 149 g/mol. The second-order valence-corrected chi connectivity index (χ2v) is 3.30. The topological polar surface area (TPSA) is 23.8 Å². The highest BCUT2D eigenvalue weighted by Crippen LogP contribution is 2.31. The van der Waals surface area contributed by atoms with E-state index in [-0.39, 0.29) is 0 Å². The van der Waals surface area contributed by atoms with Crippen LogP contribution in [0.15, 0.2) is 12.7 Å². The summed E-state index contributed by atoms with van der Waals surface area (Å²) in [5.74, 6) is 0.910. The quantitative estimate of drug-likeness (QED) is 0.554. The molecule has 60 valence electrons. The number of hydrogen-bond acceptors (Lipinski definition) is 1. The van der Waals surface area contributed by atoms with Crippen molar-refractivity contribution in [3.8, 4) is 6.07 Å². The fraction of sp³-hybridized carbons (Fsp3) is 0.700. The standard InChI is InChI=1S/C10H15N/c1-2-5-9-6-3-4-7-10(9)8-11/h2,9-10H,1,3-7H2. The van der Waals surface area contributed by atoms with Crippen molar-refractivity contribution in [2.45, 2.75) is 32.1 Å². The van der Waals surface area contributed by atoms with E-state index in [1.807, 2.05) is 6.08 Å². The Hall–Kier alpha value is -0.770. The van der Waals surface area contributed by atoms with E-state index in [0.29, 0.717) is 11.8 Å². The van der Waals surface area contributed by atoms with Crippen LogP contribution in [0.2, 0.25) is 0 Å². The Morgan fingerprint density at radius 1 is 1.45 bits per heavy atom. The highest BCUT2D eigenvalue weighted by Gasteiger charge is 2.23. The third-order valence-corrected chi connectivity index (χ3v) is 2.54. The molecule has 0 amide bonds. The molecule has 1 nitrogen and oxygen atoms in total. The van der Waals surface area contributed by atoms with E-state index >= 15 is 0 Å². The molecule has 1 fully saturated rings. The molecule has 0 bridgehead atoms. The van der Waals surface area contributed by atoms with E-state index in [4.69, 9.17) is 5.26 Å². The summed E-state index contributed by atoms with van der Waals surface area (Å²) < 4.78 is 0. The van der Waals surface area contributed by atoms with Crippen molar-refractivity contribution in [3.63, 3.8) is 0 Å². The first-order valence-corrected chi connectivity index (χ1v) is 4.39. The van der Waals surface area contributed by atoms with Crippen LogP contribution in [-0.4, -0.2) is 0 Å². The molecule has 0 spiro atoms. The zero-order valence-corrected chi connectivity index (χ0v) is 6.92. The molecule has 0 aromatic carbocycles. The van der Waals surface area contributed by atoms with Gasteiger partial charge in [-0.1, -0.05) is 18.9 Å². The minimum absolute atomic E-state index is 0.307. The molecule has 0 N–H and O–H groups in total. The van der Waals surface area contributed by atoms with Crippen molar-refractivity contribution < 1.29 is 0 Å². The highest BCUT2D eigenvalue weighted by molar-refractivity contribution is 4.92. The van der Waals surface area contributed by atoms with Gasteiger partial charge in [-0.05, 0) is 25.2 Å². The second-order valence-electron chi connectivity index (χ2n) is 3.30. The van der Waals surface area contributed by atoms with Crippen LogP contribution >= 0.6 is 0 Å². The second kappa shape index (κ2) is 4.18. The summed E-state index contributed by atoms with van der Waals surface area (Å²) in [5.41, 5.74) is 0. The van der Waals surface area contributed by atoms with Crippen LogP contribution in [0.25, 0.3) is 0 Å². The molecule has 2 unspecified atom stereocenters. The van der Waals surface area contributed by atoms with E-state index in [9.17, 15) is 0 Å². The van der Waals surface area contributed by atoms with E-state index in [0.717, 1.165) is 12.8 Å². The van der Waals surface area contributed by atoms with Gasteiger partial charge in [0.25, 0.3) is 0 Å². The largest absolute Gasteiger partial charge is 0.198 e. The molecule has 1 heteroatoms. The molecule has 0 heterocycles. The number of nitrogens with zero attached hydrogens (tertiary/aromatic N) is 1. The zero-order chi connectivity index (χ0) is 8.10. The van der Waals surface area contributed by atoms with Crippen LogP contribution in [0.4, 0.5) is 0 Å². The summed E-state index contributed by atoms with van der Waals surface area (Å²) in [7, 11) is 0. The lowest BCUT2D eigenvalue weighted by molar-refractivity contribution is 0.293. The Labute approximate surface area is 68.7 Å². The molecular formula is C10H15N. The van der Waals surface area contributed by atoms with Crippen molar-refractivity contribution in [1.82, 2.24) is 0 Å². The predicted molar refractivity (Wildman–Crippen MR) is 45.9 cm³/mol. The third kappa shape index (κ3) is 2.08. The van der Waals surface area contributed by atoms with Crippen LogP contribution in [0.3, 0.4) is 0 Å². The average Bonchev–Trinajstić information content (AvgIpc) is 2.06. The summed E-state index contributed by atoms with van der Waals surface area (Å²) in [5, 5.41) is 8.80. The molecule has 1 aliphatic carbocycles. The lowest BCUT2D eigenvalue weighted by Crippen LogP contribution is -2.17. The van der Waals surface area contributed by atoms with Gasteiger partial charge in [-0.15, -0.1) is 6.58 Å². The van der Waals surface area contributed by atoms with Gasteiger partial charge in [0.15, 0.2) is 0 Å². The Morgan fingerprint density at radius 2 is 2.18 bits per heavy atom. The van der Waals surface area contributed by atoms with Gasteiger partial charge in [0, 0.05) is 5.92 Å². The van der Waals surface area contributed by atoms with E-state index in [2.05, 4.69) is 12.6 Å². The third-order valence-electron chi connectivity index (χ3n) is 2.54. The van der Waals surface area contributed by atoms with E-state index < -0.39 is 0 Å². The van der Waals surface area contributed by atoms with Gasteiger partial charge in [-0.25, -0.2) is 0 Å². The molecule has 0 saturated heterocycles. The minimum Gasteiger partial charge on any atom is -0.198 e. The summed E-state index contributed by atoms with van der Waals surface area (Å²) in [6, 6.07) is 2.39. The van der Waals surface area contributed by atoms with Gasteiger partial charge in [0.05, 0.1) is 6.07 Å². The first-order chi connectivity index (χ1) is 5.38. The fourth-order valence-electron chi connectivity index (χ4n) is 1.87. The maximum atomic E-state index is 8.80. The molecule has 11 heavy (non-hydrogen) atoms. The molecule has 0 aliphatic heterocycles. The van der Waals surface area contributed by atoms with Gasteiger partial charge in [0.1, 0.15) is 0 Å². The number of nitriles is 1. The Morgan fingerprint density at radius 3 is 2.82 bits per heavy atom. The lowest BCUT2D eigenvalue weighted by Gasteiger charge is -2.25. The average molecular weight is 149 g/mol. The summed E-state index contributed by atoms with van der Waals surface area (Å²) in [6.45, 7) is 3.71. The Balaban J connectivity index is 2.45. The highest BCUT2D eigenvalue weighted by atomic mass is 14.3. The SMILES string of the molecule is C=CCC1CCCCC1C#N. The van der Waals surface area contributed by atoms with Crippen LogP contribution in [0.5, 0.6) is 0 Å². The van der Waals surface area contributed by atoms with Crippen LogP contribution in [0.1, 0.15) is 32.1 Å². The first kappa shape index (κ1) is 8.33. The summed E-state index contributed by atoms with van der Waals surface area (Å²) >= 11 is 0. The van der Waals surface area contributed by atoms with Gasteiger partial charge < -0.3 is 0 Å². The first-order valence-electron chi connectivity index (χ1n) is 4.39. The van der Waals surface area contributed by atoms with Crippen molar-refractivity contribution >= 4 is 0 Å². The lowest BCUT2D eigenvalue weighted by atomic mass is 9.78. The zero-order valence-electron chi connectivity index (χ0n) is 6.92. The van der Waals surface area contributed by atoms with Crippen molar-refractivity contribution in [2.24, 2.45) is 11.8 Å². The molecule has 0 radical (unpaired) electrons. The van der Waals surface area contributed by atoms with Crippen molar-refractivity contribution in [2.75, 3.05) is 0 Å². The number of rotatable bonds is 2. The predicted octanol–water partition coefficient (Wildman–Crippen LogP) is 2.89. The van der Waals surface area contributed by atoms with E-state index in [1.54, 1.807) is 0 Å². The molecular weight excluding hydrogens is 134 g/mol. The Bertz CT molecular complexity index is 166. The maximum absolute atomic E-state index is 8.80. The van der Waals surface area contributed by atoms with Crippen molar-refractivity contribution in [3.05, 3.63) is 12.7 Å². The van der Waals surface area contributed by atoms with Gasteiger partial charge >= 0.3 is 0 Å². The minimum atomic E-state index is 0.307. The molecule has 1 aliphatic rings. The maximum Gasteiger partial charge on any atom is 0.0658 e. The fourth-order valence-corrected chi connectivity index (χ4v) is 1.87. The van der Waals surface area contributed by atoms with Gasteiger partial charge in [0.2, 0.25) is 0 Å². The summed E-state index contributed by atoms with van der Waals surface area (Å²) in [4.78, 5) is 0. The van der Waals surface area contributed by atoms with Gasteiger partial charge in [-0.3, -0.25) is 0 Å². The van der Waals surface area contributed by atoms with Crippen molar-refractivity contribution in [1.29, 1.82) is 5.26 Å². The molecule has 1 rings (SSSR count). The normalized spacial score (nSPS) is 30.8. The summed E-state index contributed by atoms with van der Waals surface area (Å²) in [6.07, 6.45) is 7.85. The van der Waals surface area contributed by atoms with E-state index in [1.165, 1.54) is 19.3 Å². The molecule has 0 aromatic heterocycles. The number of hydrogen-bond donors (Lipinski definition) is 0.